The van der Waals surface area contributed by atoms with Crippen molar-refractivity contribution in [1.29, 1.82) is 0 Å². The Morgan fingerprint density at radius 2 is 1.91 bits per heavy atom. The maximum atomic E-state index is 14.6. The Morgan fingerprint density at radius 1 is 1.12 bits per heavy atom. The summed E-state index contributed by atoms with van der Waals surface area (Å²) in [4.78, 5) is 16.7. The molecule has 0 aliphatic rings. The van der Waals surface area contributed by atoms with Gasteiger partial charge in [-0.3, -0.25) is 15.0 Å². The molecule has 170 valence electrons. The van der Waals surface area contributed by atoms with Crippen LogP contribution >= 0.6 is 11.5 Å². The highest BCUT2D eigenvalue weighted by Gasteiger charge is 2.20. The maximum absolute atomic E-state index is 14.6. The number of nitrogens with one attached hydrogen (secondary N) is 2. The Morgan fingerprint density at radius 3 is 2.58 bits per heavy atom. The predicted molar refractivity (Wildman–Crippen MR) is 126 cm³/mol. The van der Waals surface area contributed by atoms with E-state index >= 15 is 0 Å². The number of rotatable bonds is 5. The smallest absolute Gasteiger partial charge is 0.324 e. The van der Waals surface area contributed by atoms with E-state index in [0.29, 0.717) is 23.0 Å². The zero-order chi connectivity index (χ0) is 23.6. The summed E-state index contributed by atoms with van der Waals surface area (Å²) in [5.74, 6) is 0.682. The van der Waals surface area contributed by atoms with Crippen LogP contribution in [-0.4, -0.2) is 25.2 Å². The van der Waals surface area contributed by atoms with Gasteiger partial charge in [0.2, 0.25) is 0 Å². The van der Waals surface area contributed by atoms with Crippen LogP contribution < -0.4 is 15.4 Å². The number of nitrogens with zero attached hydrogens (tertiary/aromatic N) is 4. The number of carbonyl (C=O) groups is 1. The topological polar surface area (TPSA) is 94.0 Å². The number of hydrogen-bond donors (Lipinski definition) is 2. The van der Waals surface area contributed by atoms with Crippen LogP contribution in [0.1, 0.15) is 26.5 Å². The predicted octanol–water partition coefficient (Wildman–Crippen LogP) is 5.81. The molecule has 2 amide bonds. The molecule has 0 unspecified atom stereocenters. The summed E-state index contributed by atoms with van der Waals surface area (Å²) in [6, 6.07) is 8.88. The van der Waals surface area contributed by atoms with E-state index in [1.54, 1.807) is 48.4 Å². The minimum Gasteiger partial charge on any atom is -0.457 e. The summed E-state index contributed by atoms with van der Waals surface area (Å²) >= 11 is 1.33. The first-order valence-corrected chi connectivity index (χ1v) is 11.0. The molecule has 4 rings (SSSR count). The molecule has 33 heavy (non-hydrogen) atoms. The van der Waals surface area contributed by atoms with Crippen molar-refractivity contribution in [3.63, 3.8) is 0 Å². The Hall–Kier alpha value is -3.79. The van der Waals surface area contributed by atoms with Crippen LogP contribution in [0.5, 0.6) is 11.5 Å². The number of halogens is 1. The Bertz CT molecular complexity index is 1280. The number of benzene rings is 1. The molecule has 10 heteroatoms. The Labute approximate surface area is 194 Å². The van der Waals surface area contributed by atoms with Gasteiger partial charge in [0.15, 0.2) is 0 Å². The fraction of sp³-hybridized carbons (Fsp3) is 0.217. The largest absolute Gasteiger partial charge is 0.457 e. The van der Waals surface area contributed by atoms with Crippen molar-refractivity contribution in [1.82, 2.24) is 19.1 Å². The number of hydrogen-bond acceptors (Lipinski definition) is 6. The SMILES string of the molecule is Cn1nc(C(C)(C)C)cc1NC(=O)Nc1ccc(Oc2ccnc(-c3cnsc3)c2)cc1F. The van der Waals surface area contributed by atoms with Gasteiger partial charge in [-0.1, -0.05) is 20.8 Å². The third-order valence-electron chi connectivity index (χ3n) is 4.77. The highest BCUT2D eigenvalue weighted by molar-refractivity contribution is 7.03. The molecule has 0 bridgehead atoms. The fourth-order valence-electron chi connectivity index (χ4n) is 2.98. The van der Waals surface area contributed by atoms with Gasteiger partial charge in [-0.05, 0) is 29.7 Å². The summed E-state index contributed by atoms with van der Waals surface area (Å²) in [5.41, 5.74) is 2.29. The monoisotopic (exact) mass is 466 g/mol. The van der Waals surface area contributed by atoms with E-state index in [4.69, 9.17) is 4.74 Å². The molecule has 0 atom stereocenters. The van der Waals surface area contributed by atoms with E-state index in [1.807, 2.05) is 26.2 Å². The number of amides is 2. The Kier molecular flexibility index (Phi) is 6.10. The number of urea groups is 1. The molecule has 0 saturated carbocycles. The minimum atomic E-state index is -0.626. The van der Waals surface area contributed by atoms with E-state index in [-0.39, 0.29) is 11.1 Å². The average Bonchev–Trinajstić information content (AvgIpc) is 3.41. The summed E-state index contributed by atoms with van der Waals surface area (Å²) in [7, 11) is 1.73. The summed E-state index contributed by atoms with van der Waals surface area (Å²) in [6.07, 6.45) is 3.33. The summed E-state index contributed by atoms with van der Waals surface area (Å²) in [6.45, 7) is 6.10. The summed E-state index contributed by atoms with van der Waals surface area (Å²) < 4.78 is 26.0. The first kappa shape index (κ1) is 22.4. The van der Waals surface area contributed by atoms with Crippen LogP contribution in [0.2, 0.25) is 0 Å². The van der Waals surface area contributed by atoms with Crippen LogP contribution in [0.3, 0.4) is 0 Å². The van der Waals surface area contributed by atoms with Gasteiger partial charge < -0.3 is 10.1 Å². The first-order chi connectivity index (χ1) is 15.7. The van der Waals surface area contributed by atoms with Crippen molar-refractivity contribution in [3.05, 3.63) is 65.7 Å². The van der Waals surface area contributed by atoms with Gasteiger partial charge in [0.25, 0.3) is 0 Å². The number of aromatic nitrogens is 4. The Balaban J connectivity index is 1.42. The van der Waals surface area contributed by atoms with Crippen LogP contribution in [0, 0.1) is 5.82 Å². The second-order valence-electron chi connectivity index (χ2n) is 8.40. The van der Waals surface area contributed by atoms with Gasteiger partial charge in [0.05, 0.1) is 23.3 Å². The maximum Gasteiger partial charge on any atom is 0.324 e. The molecular weight excluding hydrogens is 443 g/mol. The molecule has 3 heterocycles. The highest BCUT2D eigenvalue weighted by Crippen LogP contribution is 2.29. The zero-order valence-corrected chi connectivity index (χ0v) is 19.4. The van der Waals surface area contributed by atoms with Crippen molar-refractivity contribution in [2.24, 2.45) is 7.05 Å². The molecule has 0 saturated heterocycles. The molecule has 0 spiro atoms. The third-order valence-corrected chi connectivity index (χ3v) is 5.36. The molecular formula is C23H23FN6O2S. The molecule has 2 N–H and O–H groups in total. The van der Waals surface area contributed by atoms with Crippen LogP contribution in [0.15, 0.2) is 54.2 Å². The second kappa shape index (κ2) is 8.99. The second-order valence-corrected chi connectivity index (χ2v) is 9.06. The van der Waals surface area contributed by atoms with Gasteiger partial charge in [-0.25, -0.2) is 13.6 Å². The van der Waals surface area contributed by atoms with E-state index in [0.717, 1.165) is 11.3 Å². The van der Waals surface area contributed by atoms with Gasteiger partial charge in [-0.15, -0.1) is 0 Å². The number of aryl methyl sites for hydroxylation is 1. The zero-order valence-electron chi connectivity index (χ0n) is 18.6. The fourth-order valence-corrected chi connectivity index (χ4v) is 3.51. The molecule has 4 aromatic rings. The van der Waals surface area contributed by atoms with Gasteiger partial charge in [0, 0.05) is 47.8 Å². The average molecular weight is 467 g/mol. The molecule has 0 aliphatic carbocycles. The van der Waals surface area contributed by atoms with Gasteiger partial charge in [0.1, 0.15) is 23.1 Å². The van der Waals surface area contributed by atoms with Crippen molar-refractivity contribution in [2.45, 2.75) is 26.2 Å². The molecule has 3 aromatic heterocycles. The molecule has 0 radical (unpaired) electrons. The normalized spacial score (nSPS) is 11.3. The summed E-state index contributed by atoms with van der Waals surface area (Å²) in [5, 5.41) is 11.5. The minimum absolute atomic E-state index is 0.0258. The van der Waals surface area contributed by atoms with Crippen LogP contribution in [-0.2, 0) is 12.5 Å². The molecule has 0 aliphatic heterocycles. The number of carbonyl (C=O) groups excluding carboxylic acids is 1. The first-order valence-electron chi connectivity index (χ1n) is 10.1. The lowest BCUT2D eigenvalue weighted by Crippen LogP contribution is -2.21. The number of pyridine rings is 1. The van der Waals surface area contributed by atoms with Crippen LogP contribution in [0.4, 0.5) is 20.7 Å². The van der Waals surface area contributed by atoms with Crippen LogP contribution in [0.25, 0.3) is 11.3 Å². The molecule has 1 aromatic carbocycles. The molecule has 0 fully saturated rings. The van der Waals surface area contributed by atoms with Gasteiger partial charge >= 0.3 is 6.03 Å². The highest BCUT2D eigenvalue weighted by atomic mass is 32.1. The number of ether oxygens (including phenoxy) is 1. The molecule has 8 nitrogen and oxygen atoms in total. The third kappa shape index (κ3) is 5.35. The standard InChI is InChI=1S/C23H23FN6O2S/c1-23(2,3)20-11-21(30(4)29-20)28-22(31)27-18-6-5-15(9-17(18)24)32-16-7-8-25-19(10-16)14-12-26-33-13-14/h5-13H,1-4H3,(H2,27,28,31). The van der Waals surface area contributed by atoms with E-state index in [1.165, 1.54) is 23.7 Å². The van der Waals surface area contributed by atoms with E-state index in [9.17, 15) is 9.18 Å². The van der Waals surface area contributed by atoms with Gasteiger partial charge in [-0.2, -0.15) is 5.10 Å². The van der Waals surface area contributed by atoms with Crippen molar-refractivity contribution in [2.75, 3.05) is 10.6 Å². The van der Waals surface area contributed by atoms with E-state index in [2.05, 4.69) is 25.1 Å². The lowest BCUT2D eigenvalue weighted by molar-refractivity contribution is 0.262. The van der Waals surface area contributed by atoms with Crippen molar-refractivity contribution >= 4 is 29.1 Å². The van der Waals surface area contributed by atoms with Crippen molar-refractivity contribution < 1.29 is 13.9 Å². The number of anilines is 2. The lowest BCUT2D eigenvalue weighted by Gasteiger charge is -2.13. The van der Waals surface area contributed by atoms with Crippen molar-refractivity contribution in [3.8, 4) is 22.8 Å². The van der Waals surface area contributed by atoms with E-state index < -0.39 is 11.8 Å². The quantitative estimate of drug-likeness (QED) is 0.387. The lowest BCUT2D eigenvalue weighted by atomic mass is 9.92.